The van der Waals surface area contributed by atoms with Crippen LogP contribution in [0.25, 0.3) is 0 Å². The molecule has 0 spiro atoms. The van der Waals surface area contributed by atoms with E-state index in [1.165, 1.54) is 18.3 Å². The first-order chi connectivity index (χ1) is 15.0. The van der Waals surface area contributed by atoms with E-state index >= 15 is 0 Å². The van der Waals surface area contributed by atoms with E-state index in [-0.39, 0.29) is 5.82 Å². The molecule has 7 heteroatoms. The number of halogens is 1. The van der Waals surface area contributed by atoms with E-state index in [0.29, 0.717) is 23.6 Å². The lowest BCUT2D eigenvalue weighted by Crippen LogP contribution is -2.32. The lowest BCUT2D eigenvalue weighted by molar-refractivity contribution is -0.136. The summed E-state index contributed by atoms with van der Waals surface area (Å²) in [4.78, 5) is 24.0. The summed E-state index contributed by atoms with van der Waals surface area (Å²) in [6, 6.07) is 20.4. The van der Waals surface area contributed by atoms with Crippen LogP contribution >= 0.6 is 0 Å². The third-order valence-corrected chi connectivity index (χ3v) is 4.43. The lowest BCUT2D eigenvalue weighted by atomic mass is 10.1. The molecule has 0 aliphatic rings. The van der Waals surface area contributed by atoms with Crippen molar-refractivity contribution >= 4 is 23.7 Å². The number of ether oxygens (including phenoxy) is 1. The molecule has 2 amide bonds. The summed E-state index contributed by atoms with van der Waals surface area (Å²) < 4.78 is 18.6. The molecule has 0 fully saturated rings. The van der Waals surface area contributed by atoms with Gasteiger partial charge in [0.1, 0.15) is 18.2 Å². The number of nitrogens with zero attached hydrogens (tertiary/aromatic N) is 1. The van der Waals surface area contributed by atoms with Crippen molar-refractivity contribution in [2.75, 3.05) is 5.32 Å². The molecule has 0 atom stereocenters. The molecule has 0 saturated carbocycles. The molecule has 0 aliphatic carbocycles. The van der Waals surface area contributed by atoms with Gasteiger partial charge in [0.2, 0.25) is 0 Å². The zero-order chi connectivity index (χ0) is 22.1. The van der Waals surface area contributed by atoms with Crippen LogP contribution in [0.2, 0.25) is 0 Å². The van der Waals surface area contributed by atoms with Crippen LogP contribution in [0.4, 0.5) is 10.1 Å². The van der Waals surface area contributed by atoms with Crippen molar-refractivity contribution in [2.24, 2.45) is 5.10 Å². The standard InChI is InChI=1S/C24H22FN3O3/c1-2-19-5-3-4-6-22(19)27-23(29)24(30)28-26-15-17-9-13-21(14-10-17)31-16-18-7-11-20(25)12-8-18/h3-15H,2,16H2,1H3,(H,27,29)(H,28,30)/b26-15-. The third-order valence-electron chi connectivity index (χ3n) is 4.43. The van der Waals surface area contributed by atoms with Crippen molar-refractivity contribution in [3.05, 3.63) is 95.3 Å². The van der Waals surface area contributed by atoms with Crippen LogP contribution in [0.3, 0.4) is 0 Å². The van der Waals surface area contributed by atoms with E-state index in [9.17, 15) is 14.0 Å². The number of nitrogens with one attached hydrogen (secondary N) is 2. The number of carbonyl (C=O) groups is 2. The minimum atomic E-state index is -0.860. The minimum Gasteiger partial charge on any atom is -0.489 e. The van der Waals surface area contributed by atoms with Gasteiger partial charge in [0.15, 0.2) is 0 Å². The van der Waals surface area contributed by atoms with Crippen molar-refractivity contribution in [1.82, 2.24) is 5.43 Å². The molecule has 158 valence electrons. The predicted octanol–water partition coefficient (Wildman–Crippen LogP) is 4.06. The highest BCUT2D eigenvalue weighted by Gasteiger charge is 2.14. The topological polar surface area (TPSA) is 79.8 Å². The second-order valence-corrected chi connectivity index (χ2v) is 6.65. The molecular weight excluding hydrogens is 397 g/mol. The van der Waals surface area contributed by atoms with Crippen LogP contribution in [-0.4, -0.2) is 18.0 Å². The smallest absolute Gasteiger partial charge is 0.329 e. The van der Waals surface area contributed by atoms with E-state index in [1.54, 1.807) is 48.5 Å². The maximum atomic E-state index is 12.9. The van der Waals surface area contributed by atoms with Crippen molar-refractivity contribution in [3.8, 4) is 5.75 Å². The fourth-order valence-corrected chi connectivity index (χ4v) is 2.74. The summed E-state index contributed by atoms with van der Waals surface area (Å²) in [5.74, 6) is -1.30. The normalized spacial score (nSPS) is 10.6. The molecule has 2 N–H and O–H groups in total. The molecule has 0 bridgehead atoms. The maximum absolute atomic E-state index is 12.9. The van der Waals surface area contributed by atoms with E-state index in [2.05, 4.69) is 15.8 Å². The van der Waals surface area contributed by atoms with Crippen molar-refractivity contribution in [3.63, 3.8) is 0 Å². The summed E-state index contributed by atoms with van der Waals surface area (Å²) in [5, 5.41) is 6.40. The second kappa shape index (κ2) is 10.7. The van der Waals surface area contributed by atoms with Gasteiger partial charge in [-0.1, -0.05) is 37.3 Å². The van der Waals surface area contributed by atoms with Gasteiger partial charge in [-0.05, 0) is 65.6 Å². The summed E-state index contributed by atoms with van der Waals surface area (Å²) in [5.41, 5.74) is 5.32. The number of amides is 2. The molecule has 0 unspecified atom stereocenters. The third kappa shape index (κ3) is 6.50. The van der Waals surface area contributed by atoms with E-state index in [0.717, 1.165) is 17.5 Å². The quantitative estimate of drug-likeness (QED) is 0.344. The van der Waals surface area contributed by atoms with Gasteiger partial charge in [0.25, 0.3) is 0 Å². The number of anilines is 1. The maximum Gasteiger partial charge on any atom is 0.329 e. The second-order valence-electron chi connectivity index (χ2n) is 6.65. The number of benzene rings is 3. The highest BCUT2D eigenvalue weighted by atomic mass is 19.1. The van der Waals surface area contributed by atoms with E-state index in [1.807, 2.05) is 19.1 Å². The van der Waals surface area contributed by atoms with Crippen molar-refractivity contribution < 1.29 is 18.7 Å². The first kappa shape index (κ1) is 21.7. The number of hydrogen-bond donors (Lipinski definition) is 2. The Morgan fingerprint density at radius 1 is 0.968 bits per heavy atom. The van der Waals surface area contributed by atoms with Crippen molar-refractivity contribution in [2.45, 2.75) is 20.0 Å². The number of aryl methyl sites for hydroxylation is 1. The highest BCUT2D eigenvalue weighted by molar-refractivity contribution is 6.39. The monoisotopic (exact) mass is 419 g/mol. The molecule has 3 aromatic rings. The predicted molar refractivity (Wildman–Crippen MR) is 117 cm³/mol. The Morgan fingerprint density at radius 2 is 1.68 bits per heavy atom. The molecule has 3 rings (SSSR count). The Balaban J connectivity index is 1.48. The Hall–Kier alpha value is -4.00. The average molecular weight is 419 g/mol. The van der Waals surface area contributed by atoms with Gasteiger partial charge in [0.05, 0.1) is 6.21 Å². The zero-order valence-corrected chi connectivity index (χ0v) is 17.0. The fraction of sp³-hybridized carbons (Fsp3) is 0.125. The number of rotatable bonds is 7. The van der Waals surface area contributed by atoms with Crippen LogP contribution in [0.5, 0.6) is 5.75 Å². The van der Waals surface area contributed by atoms with Gasteiger partial charge in [-0.15, -0.1) is 0 Å². The van der Waals surface area contributed by atoms with Crippen molar-refractivity contribution in [1.29, 1.82) is 0 Å². The van der Waals surface area contributed by atoms with E-state index in [4.69, 9.17) is 4.74 Å². The lowest BCUT2D eigenvalue weighted by Gasteiger charge is -2.08. The van der Waals surface area contributed by atoms with Crippen LogP contribution < -0.4 is 15.5 Å². The fourth-order valence-electron chi connectivity index (χ4n) is 2.74. The van der Waals surface area contributed by atoms with Crippen LogP contribution in [-0.2, 0) is 22.6 Å². The Morgan fingerprint density at radius 3 is 2.39 bits per heavy atom. The number of carbonyl (C=O) groups excluding carboxylic acids is 2. The van der Waals surface area contributed by atoms with Gasteiger partial charge in [0, 0.05) is 5.69 Å². The molecule has 0 aliphatic heterocycles. The Bertz CT molecular complexity index is 1060. The SMILES string of the molecule is CCc1ccccc1NC(=O)C(=O)N/N=C\c1ccc(OCc2ccc(F)cc2)cc1. The first-order valence-corrected chi connectivity index (χ1v) is 9.74. The van der Waals surface area contributed by atoms with Crippen LogP contribution in [0.15, 0.2) is 77.9 Å². The number of hydrogen-bond acceptors (Lipinski definition) is 4. The number of hydrazone groups is 1. The summed E-state index contributed by atoms with van der Waals surface area (Å²) >= 11 is 0. The van der Waals surface area contributed by atoms with Gasteiger partial charge >= 0.3 is 11.8 Å². The van der Waals surface area contributed by atoms with E-state index < -0.39 is 11.8 Å². The summed E-state index contributed by atoms with van der Waals surface area (Å²) in [6.07, 6.45) is 2.16. The van der Waals surface area contributed by atoms with Gasteiger partial charge in [-0.3, -0.25) is 9.59 Å². The molecule has 0 heterocycles. The zero-order valence-electron chi connectivity index (χ0n) is 17.0. The molecule has 0 aromatic heterocycles. The number of para-hydroxylation sites is 1. The molecule has 6 nitrogen and oxygen atoms in total. The summed E-state index contributed by atoms with van der Waals surface area (Å²) in [7, 11) is 0. The van der Waals surface area contributed by atoms with Gasteiger partial charge in [-0.25, -0.2) is 9.82 Å². The molecule has 0 radical (unpaired) electrons. The Labute approximate surface area is 179 Å². The largest absolute Gasteiger partial charge is 0.489 e. The minimum absolute atomic E-state index is 0.289. The van der Waals surface area contributed by atoms with Gasteiger partial charge < -0.3 is 10.1 Å². The molecular formula is C24H22FN3O3. The van der Waals surface area contributed by atoms with Gasteiger partial charge in [-0.2, -0.15) is 5.10 Å². The highest BCUT2D eigenvalue weighted by Crippen LogP contribution is 2.15. The molecule has 3 aromatic carbocycles. The first-order valence-electron chi connectivity index (χ1n) is 9.74. The molecule has 0 saturated heterocycles. The summed E-state index contributed by atoms with van der Waals surface area (Å²) in [6.45, 7) is 2.29. The van der Waals surface area contributed by atoms with Crippen LogP contribution in [0, 0.1) is 5.82 Å². The van der Waals surface area contributed by atoms with Crippen LogP contribution in [0.1, 0.15) is 23.6 Å². The molecule has 31 heavy (non-hydrogen) atoms. The average Bonchev–Trinajstić information content (AvgIpc) is 2.80. The Kier molecular flexibility index (Phi) is 7.48.